The summed E-state index contributed by atoms with van der Waals surface area (Å²) in [6.45, 7) is 8.45. The van der Waals surface area contributed by atoms with Gasteiger partial charge in [-0.1, -0.05) is 13.5 Å². The highest BCUT2D eigenvalue weighted by Crippen LogP contribution is 2.13. The molecule has 0 amide bonds. The van der Waals surface area contributed by atoms with Crippen molar-refractivity contribution in [3.8, 4) is 0 Å². The number of nitrogens with two attached hydrogens (primary N) is 1. The average Bonchev–Trinajstić information content (AvgIpc) is 2.13. The van der Waals surface area contributed by atoms with Crippen LogP contribution in [0.1, 0.15) is 13.8 Å². The Morgan fingerprint density at radius 3 is 2.77 bits per heavy atom. The molecule has 0 rings (SSSR count). The molecule has 1 unspecified atom stereocenters. The molecule has 3 nitrogen and oxygen atoms in total. The molecule has 0 bridgehead atoms. The number of esters is 1. The fraction of sp³-hybridized carbons (Fsp3) is 0.667. The average molecular weight is 203 g/mol. The van der Waals surface area contributed by atoms with Gasteiger partial charge in [0.2, 0.25) is 0 Å². The van der Waals surface area contributed by atoms with Crippen molar-refractivity contribution in [1.82, 2.24) is 0 Å². The summed E-state index contributed by atoms with van der Waals surface area (Å²) >= 11 is 1.61. The molecule has 0 heterocycles. The molecular weight excluding hydrogens is 186 g/mol. The summed E-state index contributed by atoms with van der Waals surface area (Å²) in [5.74, 6) is 0.288. The van der Waals surface area contributed by atoms with Crippen LogP contribution in [0, 0.1) is 0 Å². The van der Waals surface area contributed by atoms with Gasteiger partial charge in [-0.2, -0.15) is 11.8 Å². The predicted octanol–water partition coefficient (Wildman–Crippen LogP) is 1.19. The number of thioether (sulfide) groups is 1. The Balaban J connectivity index is 3.68. The van der Waals surface area contributed by atoms with Crippen LogP contribution in [0.3, 0.4) is 0 Å². The Kier molecular flexibility index (Phi) is 6.72. The highest BCUT2D eigenvalue weighted by atomic mass is 32.2. The topological polar surface area (TPSA) is 52.3 Å². The molecule has 2 N–H and O–H groups in total. The molecular formula is C9H17NO2S. The summed E-state index contributed by atoms with van der Waals surface area (Å²) < 4.78 is 4.79. The van der Waals surface area contributed by atoms with Gasteiger partial charge >= 0.3 is 5.97 Å². The fourth-order valence-corrected chi connectivity index (χ4v) is 1.34. The largest absolute Gasteiger partial charge is 0.463 e. The molecule has 0 saturated carbocycles. The summed E-state index contributed by atoms with van der Waals surface area (Å²) in [6, 6.07) is 0. The molecule has 13 heavy (non-hydrogen) atoms. The maximum atomic E-state index is 11.1. The molecule has 0 aliphatic carbocycles. The minimum atomic E-state index is -0.306. The van der Waals surface area contributed by atoms with E-state index in [1.165, 1.54) is 0 Å². The van der Waals surface area contributed by atoms with Gasteiger partial charge in [0.1, 0.15) is 0 Å². The Bertz CT molecular complexity index is 182. The monoisotopic (exact) mass is 203 g/mol. The van der Waals surface area contributed by atoms with Crippen LogP contribution < -0.4 is 5.73 Å². The molecule has 0 fully saturated rings. The van der Waals surface area contributed by atoms with Crippen molar-refractivity contribution in [2.24, 2.45) is 5.73 Å². The first kappa shape index (κ1) is 12.5. The Labute approximate surface area is 83.7 Å². The Morgan fingerprint density at radius 1 is 1.69 bits per heavy atom. The van der Waals surface area contributed by atoms with Crippen molar-refractivity contribution in [3.05, 3.63) is 12.2 Å². The normalized spacial score (nSPS) is 12.2. The summed E-state index contributed by atoms with van der Waals surface area (Å²) in [5.41, 5.74) is 5.93. The third-order valence-corrected chi connectivity index (χ3v) is 2.71. The number of ether oxygens (including phenoxy) is 1. The van der Waals surface area contributed by atoms with E-state index in [-0.39, 0.29) is 5.97 Å². The van der Waals surface area contributed by atoms with Crippen LogP contribution >= 0.6 is 11.8 Å². The maximum absolute atomic E-state index is 11.1. The molecule has 0 aromatic heterocycles. The number of hydrogen-bond acceptors (Lipinski definition) is 4. The first-order valence-electron chi connectivity index (χ1n) is 4.28. The standard InChI is InChI=1S/C9H17NO2S/c1-4-12-9(11)7(2)6-13-8(3)5-10/h8H,2,4-6,10H2,1,3H3. The zero-order chi connectivity index (χ0) is 10.3. The van der Waals surface area contributed by atoms with Crippen LogP contribution in [0.4, 0.5) is 0 Å². The summed E-state index contributed by atoms with van der Waals surface area (Å²) in [6.07, 6.45) is 0. The lowest BCUT2D eigenvalue weighted by Gasteiger charge is -2.08. The number of rotatable bonds is 6. The molecule has 0 spiro atoms. The molecule has 76 valence electrons. The van der Waals surface area contributed by atoms with Gasteiger partial charge < -0.3 is 10.5 Å². The van der Waals surface area contributed by atoms with Crippen LogP contribution in [0.15, 0.2) is 12.2 Å². The van der Waals surface area contributed by atoms with Gasteiger partial charge in [-0.05, 0) is 6.92 Å². The van der Waals surface area contributed by atoms with E-state index in [1.807, 2.05) is 6.92 Å². The second kappa shape index (κ2) is 6.97. The van der Waals surface area contributed by atoms with Crippen molar-refractivity contribution in [3.63, 3.8) is 0 Å². The van der Waals surface area contributed by atoms with Crippen LogP contribution in [0.25, 0.3) is 0 Å². The maximum Gasteiger partial charge on any atom is 0.334 e. The van der Waals surface area contributed by atoms with E-state index in [4.69, 9.17) is 10.5 Å². The fourth-order valence-electron chi connectivity index (χ4n) is 0.603. The van der Waals surface area contributed by atoms with Gasteiger partial charge in [-0.15, -0.1) is 0 Å². The second-order valence-electron chi connectivity index (χ2n) is 2.68. The van der Waals surface area contributed by atoms with Crippen LogP contribution in [0.5, 0.6) is 0 Å². The van der Waals surface area contributed by atoms with E-state index in [9.17, 15) is 4.79 Å². The third kappa shape index (κ3) is 5.71. The zero-order valence-electron chi connectivity index (χ0n) is 8.21. The SMILES string of the molecule is C=C(CSC(C)CN)C(=O)OCC. The zero-order valence-corrected chi connectivity index (χ0v) is 9.02. The molecule has 0 aliphatic heterocycles. The lowest BCUT2D eigenvalue weighted by Crippen LogP contribution is -2.15. The van der Waals surface area contributed by atoms with Gasteiger partial charge in [0, 0.05) is 23.1 Å². The van der Waals surface area contributed by atoms with Crippen molar-refractivity contribution >= 4 is 17.7 Å². The minimum Gasteiger partial charge on any atom is -0.463 e. The number of hydrogen-bond donors (Lipinski definition) is 1. The second-order valence-corrected chi connectivity index (χ2v) is 4.11. The van der Waals surface area contributed by atoms with Crippen LogP contribution in [0.2, 0.25) is 0 Å². The number of carbonyl (C=O) groups is 1. The molecule has 1 atom stereocenters. The first-order chi connectivity index (χ1) is 6.11. The lowest BCUT2D eigenvalue weighted by atomic mass is 10.4. The molecule has 0 aliphatic rings. The van der Waals surface area contributed by atoms with Gasteiger partial charge in [-0.25, -0.2) is 4.79 Å². The summed E-state index contributed by atoms with van der Waals surface area (Å²) in [7, 11) is 0. The predicted molar refractivity (Wildman–Crippen MR) is 56.7 cm³/mol. The Hall–Kier alpha value is -0.480. The van der Waals surface area contributed by atoms with Crippen molar-refractivity contribution in [2.45, 2.75) is 19.1 Å². The van der Waals surface area contributed by atoms with E-state index in [0.29, 0.717) is 29.7 Å². The first-order valence-corrected chi connectivity index (χ1v) is 5.33. The van der Waals surface area contributed by atoms with Crippen molar-refractivity contribution in [1.29, 1.82) is 0 Å². The minimum absolute atomic E-state index is 0.306. The highest BCUT2D eigenvalue weighted by molar-refractivity contribution is 8.00. The molecule has 0 radical (unpaired) electrons. The number of carbonyl (C=O) groups excluding carboxylic acids is 1. The van der Waals surface area contributed by atoms with Crippen molar-refractivity contribution < 1.29 is 9.53 Å². The molecule has 0 saturated heterocycles. The molecule has 0 aromatic rings. The van der Waals surface area contributed by atoms with Crippen LogP contribution in [-0.4, -0.2) is 30.1 Å². The van der Waals surface area contributed by atoms with Gasteiger partial charge in [0.25, 0.3) is 0 Å². The molecule has 0 aromatic carbocycles. The summed E-state index contributed by atoms with van der Waals surface area (Å²) in [4.78, 5) is 11.1. The lowest BCUT2D eigenvalue weighted by molar-refractivity contribution is -0.138. The van der Waals surface area contributed by atoms with E-state index in [1.54, 1.807) is 18.7 Å². The molecule has 4 heteroatoms. The van der Waals surface area contributed by atoms with Gasteiger partial charge in [0.15, 0.2) is 0 Å². The van der Waals surface area contributed by atoms with E-state index in [2.05, 4.69) is 6.58 Å². The van der Waals surface area contributed by atoms with Crippen LogP contribution in [-0.2, 0) is 9.53 Å². The third-order valence-electron chi connectivity index (χ3n) is 1.44. The van der Waals surface area contributed by atoms with E-state index < -0.39 is 0 Å². The quantitative estimate of drug-likeness (QED) is 0.520. The Morgan fingerprint density at radius 2 is 2.31 bits per heavy atom. The van der Waals surface area contributed by atoms with Gasteiger partial charge in [-0.3, -0.25) is 0 Å². The van der Waals surface area contributed by atoms with Gasteiger partial charge in [0.05, 0.1) is 6.61 Å². The summed E-state index contributed by atoms with van der Waals surface area (Å²) in [5, 5.41) is 0.353. The van der Waals surface area contributed by atoms with Crippen molar-refractivity contribution in [2.75, 3.05) is 18.9 Å². The smallest absolute Gasteiger partial charge is 0.334 e. The highest BCUT2D eigenvalue weighted by Gasteiger charge is 2.09. The van der Waals surface area contributed by atoms with E-state index in [0.717, 1.165) is 0 Å². The van der Waals surface area contributed by atoms with E-state index >= 15 is 0 Å².